The molecular weight excluding hydrogens is 270 g/mol. The van der Waals surface area contributed by atoms with Gasteiger partial charge in [0, 0.05) is 23.6 Å². The molecule has 1 aromatic rings. The molecule has 1 N–H and O–H groups in total. The van der Waals surface area contributed by atoms with Gasteiger partial charge in [-0.15, -0.1) is 0 Å². The number of benzene rings is 1. The van der Waals surface area contributed by atoms with E-state index in [2.05, 4.69) is 36.4 Å². The van der Waals surface area contributed by atoms with E-state index in [4.69, 9.17) is 0 Å². The first-order chi connectivity index (χ1) is 10.7. The van der Waals surface area contributed by atoms with E-state index in [9.17, 15) is 5.11 Å². The summed E-state index contributed by atoms with van der Waals surface area (Å²) in [5.74, 6) is 0.930. The lowest BCUT2D eigenvalue weighted by Crippen LogP contribution is -2.59. The Bertz CT molecular complexity index is 635. The van der Waals surface area contributed by atoms with Gasteiger partial charge in [-0.1, -0.05) is 38.1 Å². The molecule has 1 aliphatic heterocycles. The van der Waals surface area contributed by atoms with E-state index in [1.54, 1.807) is 0 Å². The highest BCUT2D eigenvalue weighted by Crippen LogP contribution is 2.55. The number of rotatable bonds is 2. The number of aliphatic hydroxyl groups is 1. The quantitative estimate of drug-likeness (QED) is 0.817. The highest BCUT2D eigenvalue weighted by atomic mass is 16.3. The third-order valence-corrected chi connectivity index (χ3v) is 6.45. The van der Waals surface area contributed by atoms with E-state index >= 15 is 0 Å². The van der Waals surface area contributed by atoms with Crippen molar-refractivity contribution in [1.29, 1.82) is 0 Å². The lowest BCUT2D eigenvalue weighted by Gasteiger charge is -2.59. The summed E-state index contributed by atoms with van der Waals surface area (Å²) in [6.07, 6.45) is 9.71. The molecule has 3 atom stereocenters. The third kappa shape index (κ3) is 1.79. The molecule has 1 unspecified atom stereocenters. The predicted octanol–water partition coefficient (Wildman–Crippen LogP) is 4.42. The van der Waals surface area contributed by atoms with Gasteiger partial charge in [-0.25, -0.2) is 0 Å². The van der Waals surface area contributed by atoms with Crippen LogP contribution in [0.3, 0.4) is 0 Å². The van der Waals surface area contributed by atoms with Gasteiger partial charge in [0.25, 0.3) is 0 Å². The van der Waals surface area contributed by atoms with Crippen molar-refractivity contribution in [3.05, 3.63) is 54.2 Å². The van der Waals surface area contributed by atoms with Gasteiger partial charge in [-0.3, -0.25) is 0 Å². The van der Waals surface area contributed by atoms with E-state index in [1.165, 1.54) is 43.2 Å². The fraction of sp³-hybridized carbons (Fsp3) is 0.500. The van der Waals surface area contributed by atoms with Crippen LogP contribution in [0, 0.1) is 5.92 Å². The van der Waals surface area contributed by atoms with E-state index in [0.717, 1.165) is 24.4 Å². The minimum atomic E-state index is 0.192. The van der Waals surface area contributed by atoms with Gasteiger partial charge in [-0.2, -0.15) is 0 Å². The van der Waals surface area contributed by atoms with E-state index < -0.39 is 0 Å². The zero-order valence-electron chi connectivity index (χ0n) is 13.2. The minimum Gasteiger partial charge on any atom is -0.508 e. The van der Waals surface area contributed by atoms with E-state index in [-0.39, 0.29) is 5.76 Å². The molecular formula is C20H25NO. The van der Waals surface area contributed by atoms with Gasteiger partial charge >= 0.3 is 0 Å². The monoisotopic (exact) mass is 295 g/mol. The molecule has 2 aliphatic carbocycles. The van der Waals surface area contributed by atoms with Crippen molar-refractivity contribution >= 4 is 5.76 Å². The largest absolute Gasteiger partial charge is 0.508 e. The van der Waals surface area contributed by atoms with Crippen LogP contribution in [0.5, 0.6) is 0 Å². The minimum absolute atomic E-state index is 0.192. The van der Waals surface area contributed by atoms with Crippen molar-refractivity contribution in [2.75, 3.05) is 6.54 Å². The van der Waals surface area contributed by atoms with E-state index in [0.29, 0.717) is 11.5 Å². The lowest BCUT2D eigenvalue weighted by molar-refractivity contribution is 0.0141. The van der Waals surface area contributed by atoms with E-state index in [1.807, 2.05) is 6.07 Å². The molecule has 0 radical (unpaired) electrons. The van der Waals surface area contributed by atoms with Crippen LogP contribution in [-0.2, 0) is 11.8 Å². The molecule has 22 heavy (non-hydrogen) atoms. The zero-order chi connectivity index (χ0) is 15.3. The summed E-state index contributed by atoms with van der Waals surface area (Å²) < 4.78 is 0. The maximum absolute atomic E-state index is 9.81. The summed E-state index contributed by atoms with van der Waals surface area (Å²) in [7, 11) is 0. The molecule has 0 spiro atoms. The molecule has 4 rings (SSSR count). The van der Waals surface area contributed by atoms with Crippen LogP contribution < -0.4 is 0 Å². The summed E-state index contributed by atoms with van der Waals surface area (Å²) in [5.41, 5.74) is 4.19. The fourth-order valence-corrected chi connectivity index (χ4v) is 5.44. The first-order valence-corrected chi connectivity index (χ1v) is 8.56. The van der Waals surface area contributed by atoms with Crippen molar-refractivity contribution in [3.63, 3.8) is 0 Å². The molecule has 1 heterocycles. The average Bonchev–Trinajstić information content (AvgIpc) is 2.54. The van der Waals surface area contributed by atoms with Crippen LogP contribution in [0.4, 0.5) is 0 Å². The second-order valence-electron chi connectivity index (χ2n) is 7.27. The van der Waals surface area contributed by atoms with Gasteiger partial charge < -0.3 is 10.0 Å². The van der Waals surface area contributed by atoms with Crippen molar-refractivity contribution in [3.8, 4) is 0 Å². The average molecular weight is 295 g/mol. The van der Waals surface area contributed by atoms with Crippen molar-refractivity contribution < 1.29 is 5.11 Å². The van der Waals surface area contributed by atoms with Crippen LogP contribution in [0.15, 0.2) is 37.6 Å². The maximum Gasteiger partial charge on any atom is 0.115 e. The normalized spacial score (nSPS) is 32.8. The van der Waals surface area contributed by atoms with Gasteiger partial charge in [0.1, 0.15) is 5.76 Å². The van der Waals surface area contributed by atoms with Gasteiger partial charge in [0.15, 0.2) is 0 Å². The predicted molar refractivity (Wildman–Crippen MR) is 90.8 cm³/mol. The first-order valence-electron chi connectivity index (χ1n) is 8.56. The highest BCUT2D eigenvalue weighted by Gasteiger charge is 2.53. The smallest absolute Gasteiger partial charge is 0.115 e. The van der Waals surface area contributed by atoms with Crippen LogP contribution in [0.25, 0.3) is 5.76 Å². The molecule has 1 aromatic carbocycles. The Labute approximate surface area is 133 Å². The molecule has 2 bridgehead atoms. The Morgan fingerprint density at radius 2 is 2.18 bits per heavy atom. The topological polar surface area (TPSA) is 23.5 Å². The number of fused-ring (bicyclic) bond motifs is 1. The van der Waals surface area contributed by atoms with Crippen LogP contribution in [0.1, 0.15) is 48.8 Å². The molecule has 2 heteroatoms. The number of piperidine rings is 1. The Morgan fingerprint density at radius 3 is 2.95 bits per heavy atom. The first kappa shape index (κ1) is 13.9. The van der Waals surface area contributed by atoms with Crippen LogP contribution >= 0.6 is 0 Å². The molecule has 1 saturated heterocycles. The van der Waals surface area contributed by atoms with Gasteiger partial charge in [0.05, 0.1) is 0 Å². The molecule has 2 fully saturated rings. The number of hydrogen-bond acceptors (Lipinski definition) is 2. The zero-order valence-corrected chi connectivity index (χ0v) is 13.2. The fourth-order valence-electron chi connectivity index (χ4n) is 5.44. The second-order valence-corrected chi connectivity index (χ2v) is 7.27. The number of likely N-dealkylation sites (tertiary alicyclic amines) is 1. The Morgan fingerprint density at radius 1 is 1.32 bits per heavy atom. The molecule has 116 valence electrons. The maximum atomic E-state index is 9.81. The van der Waals surface area contributed by atoms with Crippen LogP contribution in [0.2, 0.25) is 0 Å². The standard InChI is InChI=1S/C20H25NO/c1-3-21-11-10-20-9-5-4-6-17(20)19(21)13-16-8-7-15(14(2)22)12-18(16)20/h3,7-8,12,17,19,22H,1-2,4-6,9-11,13H2/t17?,19-,20-/m0/s1. The lowest BCUT2D eigenvalue weighted by atomic mass is 9.52. The highest BCUT2D eigenvalue weighted by molar-refractivity contribution is 5.59. The Hall–Kier alpha value is -1.70. The number of aliphatic hydroxyl groups excluding tert-OH is 1. The molecule has 0 amide bonds. The summed E-state index contributed by atoms with van der Waals surface area (Å²) in [6, 6.07) is 7.09. The van der Waals surface area contributed by atoms with Crippen molar-refractivity contribution in [1.82, 2.24) is 4.90 Å². The molecule has 2 nitrogen and oxygen atoms in total. The summed E-state index contributed by atoms with van der Waals surface area (Å²) >= 11 is 0. The Balaban J connectivity index is 1.88. The van der Waals surface area contributed by atoms with Crippen molar-refractivity contribution in [2.24, 2.45) is 5.92 Å². The number of nitrogens with zero attached hydrogens (tertiary/aromatic N) is 1. The molecule has 1 saturated carbocycles. The SMILES string of the molecule is C=CN1CC[C@@]23CCCCC2[C@@H]1Cc1ccc(C(=C)O)cc13. The third-order valence-electron chi connectivity index (χ3n) is 6.45. The number of hydrogen-bond donors (Lipinski definition) is 1. The summed E-state index contributed by atoms with van der Waals surface area (Å²) in [5, 5.41) is 9.81. The van der Waals surface area contributed by atoms with Crippen molar-refractivity contribution in [2.45, 2.75) is 50.0 Å². The van der Waals surface area contributed by atoms with Gasteiger partial charge in [-0.05, 0) is 55.0 Å². The molecule has 3 aliphatic rings. The second kappa shape index (κ2) is 4.91. The van der Waals surface area contributed by atoms with Gasteiger partial charge in [0.2, 0.25) is 0 Å². The Kier molecular flexibility index (Phi) is 3.11. The molecule has 0 aromatic heterocycles. The summed E-state index contributed by atoms with van der Waals surface area (Å²) in [4.78, 5) is 2.48. The van der Waals surface area contributed by atoms with Crippen LogP contribution in [-0.4, -0.2) is 22.6 Å². The summed E-state index contributed by atoms with van der Waals surface area (Å²) in [6.45, 7) is 8.88.